The topological polar surface area (TPSA) is 142 Å². The first-order valence-electron chi connectivity index (χ1n) is 16.0. The average Bonchev–Trinajstić information content (AvgIpc) is 3.18. The molecule has 1 atom stereocenters. The molecule has 3 N–H and O–H groups in total. The first-order valence-corrected chi connectivity index (χ1v) is 18.0. The first-order chi connectivity index (χ1) is 23.1. The summed E-state index contributed by atoms with van der Waals surface area (Å²) in [6.07, 6.45) is 5.92. The van der Waals surface area contributed by atoms with E-state index in [-0.39, 0.29) is 11.0 Å². The van der Waals surface area contributed by atoms with E-state index in [0.29, 0.717) is 45.3 Å². The number of para-hydroxylation sites is 1. The molecule has 3 aromatic carbocycles. The molecule has 3 amide bonds. The quantitative estimate of drug-likeness (QED) is 0.113. The molecular formula is C36H41N3O7S2. The van der Waals surface area contributed by atoms with Crippen LogP contribution in [0.3, 0.4) is 0 Å². The van der Waals surface area contributed by atoms with Crippen molar-refractivity contribution < 1.29 is 33.8 Å². The number of rotatable bonds is 16. The number of carbonyl (C=O) groups is 5. The fourth-order valence-electron chi connectivity index (χ4n) is 5.56. The van der Waals surface area contributed by atoms with E-state index in [1.54, 1.807) is 41.3 Å². The van der Waals surface area contributed by atoms with Gasteiger partial charge in [-0.3, -0.25) is 28.9 Å². The van der Waals surface area contributed by atoms with Crippen molar-refractivity contribution in [3.8, 4) is 5.75 Å². The maximum atomic E-state index is 14.6. The van der Waals surface area contributed by atoms with Crippen LogP contribution in [-0.4, -0.2) is 53.3 Å². The summed E-state index contributed by atoms with van der Waals surface area (Å²) in [5.74, 6) is -2.39. The van der Waals surface area contributed by atoms with Crippen molar-refractivity contribution >= 4 is 63.7 Å². The van der Waals surface area contributed by atoms with Gasteiger partial charge >= 0.3 is 5.97 Å². The molecule has 4 rings (SSSR count). The lowest BCUT2D eigenvalue weighted by molar-refractivity contribution is -0.138. The van der Waals surface area contributed by atoms with Crippen molar-refractivity contribution in [2.24, 2.45) is 5.41 Å². The maximum absolute atomic E-state index is 14.6. The molecule has 0 saturated carbocycles. The Morgan fingerprint density at radius 1 is 0.958 bits per heavy atom. The lowest BCUT2D eigenvalue weighted by Gasteiger charge is -2.34. The van der Waals surface area contributed by atoms with Gasteiger partial charge in [0.25, 0.3) is 5.91 Å². The van der Waals surface area contributed by atoms with Gasteiger partial charge in [-0.15, -0.1) is 11.8 Å². The molecule has 0 spiro atoms. The van der Waals surface area contributed by atoms with E-state index in [4.69, 9.17) is 9.84 Å². The summed E-state index contributed by atoms with van der Waals surface area (Å²) in [6, 6.07) is 20.2. The largest absolute Gasteiger partial charge is 0.483 e. The predicted octanol–water partition coefficient (Wildman–Crippen LogP) is 6.51. The highest BCUT2D eigenvalue weighted by Gasteiger charge is 2.50. The van der Waals surface area contributed by atoms with Crippen LogP contribution in [0, 0.1) is 5.41 Å². The van der Waals surface area contributed by atoms with Gasteiger partial charge in [0.1, 0.15) is 23.8 Å². The number of unbranched alkanes of at least 4 members (excludes halogenated alkanes) is 2. The lowest BCUT2D eigenvalue weighted by Crippen LogP contribution is -2.45. The zero-order chi connectivity index (χ0) is 34.7. The number of carbonyl (C=O) groups excluding carboxylic acids is 4. The smallest absolute Gasteiger partial charge is 0.322 e. The van der Waals surface area contributed by atoms with Crippen molar-refractivity contribution in [1.29, 1.82) is 0 Å². The van der Waals surface area contributed by atoms with Crippen LogP contribution in [0.1, 0.15) is 64.0 Å². The van der Waals surface area contributed by atoms with E-state index in [1.165, 1.54) is 11.8 Å². The Kier molecular flexibility index (Phi) is 13.1. The van der Waals surface area contributed by atoms with Crippen LogP contribution in [0.4, 0.5) is 11.4 Å². The average molecular weight is 692 g/mol. The molecular weight excluding hydrogens is 651 g/mol. The van der Waals surface area contributed by atoms with E-state index in [0.717, 1.165) is 37.4 Å². The summed E-state index contributed by atoms with van der Waals surface area (Å²) in [4.78, 5) is 68.7. The lowest BCUT2D eigenvalue weighted by atomic mass is 9.77. The first kappa shape index (κ1) is 36.5. The van der Waals surface area contributed by atoms with E-state index >= 15 is 0 Å². The van der Waals surface area contributed by atoms with Gasteiger partial charge in [-0.05, 0) is 60.7 Å². The number of anilines is 2. The zero-order valence-corrected chi connectivity index (χ0v) is 29.0. The highest BCUT2D eigenvalue weighted by molar-refractivity contribution is 8.14. The highest BCUT2D eigenvalue weighted by atomic mass is 32.2. The monoisotopic (exact) mass is 691 g/mol. The molecule has 10 nitrogen and oxygen atoms in total. The minimum absolute atomic E-state index is 0.201. The number of nitrogens with one attached hydrogen (secondary N) is 2. The predicted molar refractivity (Wildman–Crippen MR) is 188 cm³/mol. The van der Waals surface area contributed by atoms with Gasteiger partial charge in [-0.1, -0.05) is 88.1 Å². The van der Waals surface area contributed by atoms with E-state index in [9.17, 15) is 24.0 Å². The van der Waals surface area contributed by atoms with Crippen LogP contribution in [0.15, 0.2) is 82.6 Å². The number of aliphatic carboxylic acids is 1. The summed E-state index contributed by atoms with van der Waals surface area (Å²) in [6.45, 7) is 3.03. The van der Waals surface area contributed by atoms with Gasteiger partial charge in [-0.25, -0.2) is 0 Å². The van der Waals surface area contributed by atoms with Gasteiger partial charge in [0.15, 0.2) is 6.61 Å². The van der Waals surface area contributed by atoms with Crippen molar-refractivity contribution in [2.75, 3.05) is 24.3 Å². The van der Waals surface area contributed by atoms with Crippen LogP contribution in [0.5, 0.6) is 5.75 Å². The van der Waals surface area contributed by atoms with Gasteiger partial charge in [0.05, 0.1) is 10.6 Å². The van der Waals surface area contributed by atoms with Crippen LogP contribution >= 0.6 is 23.5 Å². The van der Waals surface area contributed by atoms with Gasteiger partial charge in [0, 0.05) is 10.6 Å². The zero-order valence-electron chi connectivity index (χ0n) is 27.3. The maximum Gasteiger partial charge on any atom is 0.322 e. The molecule has 0 unspecified atom stereocenters. The Labute approximate surface area is 289 Å². The molecule has 0 aromatic heterocycles. The third-order valence-electron chi connectivity index (χ3n) is 8.09. The molecule has 1 heterocycles. The Balaban J connectivity index is 1.67. The number of hydrogen-bond acceptors (Lipinski definition) is 8. The minimum atomic E-state index is -1.21. The number of carboxylic acid groups (broad SMARTS) is 1. The highest BCUT2D eigenvalue weighted by Crippen LogP contribution is 2.51. The fraction of sp³-hybridized carbons (Fsp3) is 0.361. The van der Waals surface area contributed by atoms with Crippen LogP contribution in [0.2, 0.25) is 0 Å². The molecule has 0 radical (unpaired) electrons. The Bertz CT molecular complexity index is 1610. The second-order valence-electron chi connectivity index (χ2n) is 11.4. The normalized spacial score (nSPS) is 14.4. The number of hydrogen-bond donors (Lipinski definition) is 3. The van der Waals surface area contributed by atoms with Crippen molar-refractivity contribution in [1.82, 2.24) is 10.6 Å². The summed E-state index contributed by atoms with van der Waals surface area (Å²) < 4.78 is 6.01. The van der Waals surface area contributed by atoms with Crippen molar-refractivity contribution in [3.63, 3.8) is 0 Å². The molecule has 3 aromatic rings. The van der Waals surface area contributed by atoms with Crippen LogP contribution in [-0.2, 0) is 24.0 Å². The number of nitrogens with zero attached hydrogens (tertiary/aromatic N) is 1. The van der Waals surface area contributed by atoms with E-state index in [2.05, 4.69) is 10.6 Å². The van der Waals surface area contributed by atoms with Crippen molar-refractivity contribution in [2.45, 2.75) is 68.2 Å². The standard InChI is InChI=1S/C36H41N3O7S2/c1-4-6-18-36(19-7-5-2)34(44)39(25-16-12-9-13-17-25)26-20-29(47-3)27(21-28(26)48-35(36)45)46-23-30(40)38-32(24-14-10-8-11-15-24)33(43)37-22-31(41)42/h8-17,20-21,32H,4-7,18-19,22-23H2,1-3H3,(H,37,43)(H,38,40)(H,41,42)/t32-/m1/s1. The van der Waals surface area contributed by atoms with Gasteiger partial charge in [-0.2, -0.15) is 0 Å². The molecule has 0 saturated heterocycles. The van der Waals surface area contributed by atoms with Gasteiger partial charge < -0.3 is 20.5 Å². The molecule has 0 aliphatic carbocycles. The molecule has 48 heavy (non-hydrogen) atoms. The van der Waals surface area contributed by atoms with Crippen LogP contribution < -0.4 is 20.3 Å². The summed E-state index contributed by atoms with van der Waals surface area (Å²) in [7, 11) is 0. The number of carboxylic acids is 1. The molecule has 1 aliphatic heterocycles. The van der Waals surface area contributed by atoms with Crippen LogP contribution in [0.25, 0.3) is 0 Å². The summed E-state index contributed by atoms with van der Waals surface area (Å²) in [5, 5.41) is 13.8. The SMILES string of the molecule is CCCCC1(CCCC)C(=O)Sc2cc(OCC(=O)N[C@@H](C(=O)NCC(=O)O)c3ccccc3)c(SC)cc2N(c2ccccc2)C1=O. The minimum Gasteiger partial charge on any atom is -0.483 e. The second kappa shape index (κ2) is 17.2. The number of ether oxygens (including phenoxy) is 1. The number of thioether (sulfide) groups is 2. The second-order valence-corrected chi connectivity index (χ2v) is 13.3. The Hall–Kier alpha value is -4.29. The third kappa shape index (κ3) is 8.59. The Morgan fingerprint density at radius 3 is 2.17 bits per heavy atom. The number of amides is 3. The number of fused-ring (bicyclic) bond motifs is 1. The van der Waals surface area contributed by atoms with E-state index < -0.39 is 42.4 Å². The summed E-state index contributed by atoms with van der Waals surface area (Å²) in [5.41, 5.74) is 0.503. The van der Waals surface area contributed by atoms with Crippen molar-refractivity contribution in [3.05, 3.63) is 78.4 Å². The number of benzene rings is 3. The molecule has 0 fully saturated rings. The fourth-order valence-corrected chi connectivity index (χ4v) is 7.21. The van der Waals surface area contributed by atoms with Gasteiger partial charge in [0.2, 0.25) is 16.9 Å². The molecule has 1 aliphatic rings. The molecule has 254 valence electrons. The summed E-state index contributed by atoms with van der Waals surface area (Å²) >= 11 is 2.41. The van der Waals surface area contributed by atoms with E-state index in [1.807, 2.05) is 56.5 Å². The molecule has 12 heteroatoms. The third-order valence-corrected chi connectivity index (χ3v) is 9.98. The Morgan fingerprint density at radius 2 is 1.58 bits per heavy atom. The molecule has 0 bridgehead atoms.